The summed E-state index contributed by atoms with van der Waals surface area (Å²) in [5.41, 5.74) is 5.07. The van der Waals surface area contributed by atoms with Crippen molar-refractivity contribution in [1.29, 1.82) is 0 Å². The summed E-state index contributed by atoms with van der Waals surface area (Å²) in [4.78, 5) is 3.93. The van der Waals surface area contributed by atoms with Gasteiger partial charge < -0.3 is 5.73 Å². The van der Waals surface area contributed by atoms with E-state index in [9.17, 15) is 0 Å². The van der Waals surface area contributed by atoms with Crippen LogP contribution in [0.4, 0.5) is 0 Å². The summed E-state index contributed by atoms with van der Waals surface area (Å²) in [5, 5.41) is 0. The summed E-state index contributed by atoms with van der Waals surface area (Å²) in [5.74, 6) is 0. The van der Waals surface area contributed by atoms with Gasteiger partial charge in [0.1, 0.15) is 0 Å². The molecule has 2 heteroatoms. The number of hydrogen-bond acceptors (Lipinski definition) is 2. The van der Waals surface area contributed by atoms with Crippen LogP contribution in [-0.2, 0) is 0 Å². The van der Waals surface area contributed by atoms with Crippen molar-refractivity contribution in [3.63, 3.8) is 0 Å². The largest absolute Gasteiger partial charge is 0.405 e. The number of unbranched alkanes of at least 4 members (excludes halogenated alkanes) is 1. The standard InChI is InChI=1S/C8H14N2/c1-2-3-4-7-10-8-5-6-9/h4-8H,2-3,9H2,1H3/b6-5-,7-4+,10-8+. The summed E-state index contributed by atoms with van der Waals surface area (Å²) < 4.78 is 0. The highest BCUT2D eigenvalue weighted by Gasteiger charge is 1.68. The molecule has 0 atom stereocenters. The fourth-order valence-electron chi connectivity index (χ4n) is 0.451. The lowest BCUT2D eigenvalue weighted by Crippen LogP contribution is -1.74. The van der Waals surface area contributed by atoms with Crippen LogP contribution in [0.2, 0.25) is 0 Å². The number of nitrogens with two attached hydrogens (primary N) is 1. The molecule has 0 aromatic carbocycles. The molecule has 10 heavy (non-hydrogen) atoms. The lowest BCUT2D eigenvalue weighted by atomic mass is 10.3. The third kappa shape index (κ3) is 6.95. The van der Waals surface area contributed by atoms with E-state index in [1.54, 1.807) is 18.5 Å². The van der Waals surface area contributed by atoms with E-state index in [-0.39, 0.29) is 0 Å². The van der Waals surface area contributed by atoms with Crippen molar-refractivity contribution in [3.05, 3.63) is 24.6 Å². The van der Waals surface area contributed by atoms with Gasteiger partial charge in [-0.15, -0.1) is 0 Å². The predicted octanol–water partition coefficient (Wildman–Crippen LogP) is 1.84. The molecule has 0 aliphatic heterocycles. The van der Waals surface area contributed by atoms with Gasteiger partial charge in [0.25, 0.3) is 0 Å². The van der Waals surface area contributed by atoms with Gasteiger partial charge in [0.15, 0.2) is 0 Å². The zero-order valence-electron chi connectivity index (χ0n) is 6.33. The van der Waals surface area contributed by atoms with Gasteiger partial charge in [-0.1, -0.05) is 19.4 Å². The quantitative estimate of drug-likeness (QED) is 0.591. The minimum Gasteiger partial charge on any atom is -0.405 e. The first-order chi connectivity index (χ1) is 4.91. The van der Waals surface area contributed by atoms with Crippen molar-refractivity contribution in [2.75, 3.05) is 0 Å². The molecule has 56 valence electrons. The highest BCUT2D eigenvalue weighted by Crippen LogP contribution is 1.87. The molecular formula is C8H14N2. The highest BCUT2D eigenvalue weighted by molar-refractivity contribution is 5.71. The average Bonchev–Trinajstić information content (AvgIpc) is 1.97. The lowest BCUT2D eigenvalue weighted by Gasteiger charge is -1.79. The molecule has 0 aromatic heterocycles. The van der Waals surface area contributed by atoms with Crippen LogP contribution in [0.25, 0.3) is 0 Å². The molecule has 0 saturated carbocycles. The maximum Gasteiger partial charge on any atom is 0.0281 e. The van der Waals surface area contributed by atoms with E-state index in [1.807, 2.05) is 6.08 Å². The molecule has 0 aliphatic rings. The Bertz CT molecular complexity index is 134. The second-order valence-electron chi connectivity index (χ2n) is 1.86. The molecule has 0 aromatic rings. The number of hydrogen-bond donors (Lipinski definition) is 1. The number of aliphatic imine (C=N–C) groups is 1. The summed E-state index contributed by atoms with van der Waals surface area (Å²) in [6.07, 6.45) is 10.9. The van der Waals surface area contributed by atoms with Crippen LogP contribution < -0.4 is 5.73 Å². The maximum absolute atomic E-state index is 5.07. The van der Waals surface area contributed by atoms with Crippen LogP contribution in [0.5, 0.6) is 0 Å². The van der Waals surface area contributed by atoms with Gasteiger partial charge in [0.05, 0.1) is 0 Å². The first kappa shape index (κ1) is 8.95. The van der Waals surface area contributed by atoms with E-state index in [2.05, 4.69) is 11.9 Å². The molecule has 0 amide bonds. The Balaban J connectivity index is 3.32. The second kappa shape index (κ2) is 7.95. The second-order valence-corrected chi connectivity index (χ2v) is 1.86. The topological polar surface area (TPSA) is 38.4 Å². The van der Waals surface area contributed by atoms with Crippen LogP contribution in [0.3, 0.4) is 0 Å². The molecule has 2 nitrogen and oxygen atoms in total. The zero-order chi connectivity index (χ0) is 7.66. The van der Waals surface area contributed by atoms with E-state index in [0.717, 1.165) is 6.42 Å². The maximum atomic E-state index is 5.07. The van der Waals surface area contributed by atoms with E-state index < -0.39 is 0 Å². The van der Waals surface area contributed by atoms with Crippen LogP contribution in [0.15, 0.2) is 29.5 Å². The number of rotatable bonds is 4. The van der Waals surface area contributed by atoms with Crippen LogP contribution >= 0.6 is 0 Å². The third-order valence-electron chi connectivity index (χ3n) is 0.930. The molecule has 0 spiro atoms. The van der Waals surface area contributed by atoms with Crippen LogP contribution in [0, 0.1) is 0 Å². The van der Waals surface area contributed by atoms with Crippen molar-refractivity contribution < 1.29 is 0 Å². The Morgan fingerprint density at radius 1 is 1.50 bits per heavy atom. The number of nitrogens with zero attached hydrogens (tertiary/aromatic N) is 1. The monoisotopic (exact) mass is 138 g/mol. The smallest absolute Gasteiger partial charge is 0.0281 e. The normalized spacial score (nSPS) is 12.5. The first-order valence-corrected chi connectivity index (χ1v) is 3.47. The van der Waals surface area contributed by atoms with Crippen molar-refractivity contribution in [2.45, 2.75) is 19.8 Å². The Morgan fingerprint density at radius 3 is 2.90 bits per heavy atom. The van der Waals surface area contributed by atoms with Gasteiger partial charge >= 0.3 is 0 Å². The molecule has 0 heterocycles. The van der Waals surface area contributed by atoms with Gasteiger partial charge in [-0.25, -0.2) is 0 Å². The van der Waals surface area contributed by atoms with Crippen molar-refractivity contribution in [2.24, 2.45) is 10.7 Å². The van der Waals surface area contributed by atoms with E-state index in [0.29, 0.717) is 0 Å². The lowest BCUT2D eigenvalue weighted by molar-refractivity contribution is 0.956. The highest BCUT2D eigenvalue weighted by atomic mass is 14.7. The van der Waals surface area contributed by atoms with E-state index in [1.165, 1.54) is 12.6 Å². The molecule has 0 fully saturated rings. The van der Waals surface area contributed by atoms with Crippen LogP contribution in [0.1, 0.15) is 19.8 Å². The first-order valence-electron chi connectivity index (χ1n) is 3.47. The molecule has 0 rings (SSSR count). The van der Waals surface area contributed by atoms with Crippen molar-refractivity contribution in [1.82, 2.24) is 0 Å². The summed E-state index contributed by atoms with van der Waals surface area (Å²) in [6.45, 7) is 2.13. The SMILES string of the molecule is CCC/C=C/N=C/C=C\N. The predicted molar refractivity (Wildman–Crippen MR) is 45.9 cm³/mol. The zero-order valence-corrected chi connectivity index (χ0v) is 6.33. The van der Waals surface area contributed by atoms with Gasteiger partial charge in [-0.2, -0.15) is 0 Å². The van der Waals surface area contributed by atoms with Crippen molar-refractivity contribution in [3.8, 4) is 0 Å². The summed E-state index contributed by atoms with van der Waals surface area (Å²) >= 11 is 0. The minimum absolute atomic E-state index is 1.09. The third-order valence-corrected chi connectivity index (χ3v) is 0.930. The molecule has 0 unspecified atom stereocenters. The van der Waals surface area contributed by atoms with Crippen molar-refractivity contribution >= 4 is 6.21 Å². The fraction of sp³-hybridized carbons (Fsp3) is 0.375. The average molecular weight is 138 g/mol. The van der Waals surface area contributed by atoms with Crippen LogP contribution in [-0.4, -0.2) is 6.21 Å². The summed E-state index contributed by atoms with van der Waals surface area (Å²) in [6, 6.07) is 0. The molecule has 2 N–H and O–H groups in total. The number of allylic oxidation sites excluding steroid dienone is 2. The van der Waals surface area contributed by atoms with Gasteiger partial charge in [0, 0.05) is 12.4 Å². The Kier molecular flexibility index (Phi) is 7.12. The molecule has 0 radical (unpaired) electrons. The molecule has 0 bridgehead atoms. The Morgan fingerprint density at radius 2 is 2.30 bits per heavy atom. The molecule has 0 saturated heterocycles. The van der Waals surface area contributed by atoms with E-state index in [4.69, 9.17) is 5.73 Å². The minimum atomic E-state index is 1.09. The Labute approximate surface area is 62.1 Å². The van der Waals surface area contributed by atoms with E-state index >= 15 is 0 Å². The molecule has 0 aliphatic carbocycles. The fourth-order valence-corrected chi connectivity index (χ4v) is 0.451. The summed E-state index contributed by atoms with van der Waals surface area (Å²) in [7, 11) is 0. The Hall–Kier alpha value is -1.05. The van der Waals surface area contributed by atoms with Gasteiger partial charge in [0.2, 0.25) is 0 Å². The van der Waals surface area contributed by atoms with Gasteiger partial charge in [-0.05, 0) is 18.7 Å². The molecular weight excluding hydrogens is 124 g/mol. The van der Waals surface area contributed by atoms with Gasteiger partial charge in [-0.3, -0.25) is 4.99 Å².